The number of carbonyl (C=O) groups is 1. The summed E-state index contributed by atoms with van der Waals surface area (Å²) in [6.45, 7) is 4.14. The highest BCUT2D eigenvalue weighted by molar-refractivity contribution is 7.99. The standard InChI is InChI=1S/C21H32N6OS/c1-16-7-4-5-8-18(16)23-19(28)15-29-21-25-24-20(17-9-11-22-12-10-17)27(21)14-6-13-26(2)3/h9-12,16,18H,4-8,13-15H2,1-3H3,(H,23,28)/p+1/t16-,18-/m0/s1. The maximum absolute atomic E-state index is 12.5. The van der Waals surface area contributed by atoms with Crippen LogP contribution in [0.1, 0.15) is 39.0 Å². The number of hydrogen-bond acceptors (Lipinski definition) is 5. The molecule has 0 saturated heterocycles. The third-order valence-electron chi connectivity index (χ3n) is 5.50. The van der Waals surface area contributed by atoms with Crippen molar-refractivity contribution in [2.75, 3.05) is 26.4 Å². The second-order valence-corrected chi connectivity index (χ2v) is 9.17. The van der Waals surface area contributed by atoms with Gasteiger partial charge in [-0.1, -0.05) is 31.5 Å². The van der Waals surface area contributed by atoms with Crippen molar-refractivity contribution in [2.45, 2.75) is 56.8 Å². The molecule has 0 unspecified atom stereocenters. The normalized spacial score (nSPS) is 19.4. The minimum Gasteiger partial charge on any atom is -0.352 e. The molecule has 2 N–H and O–H groups in total. The van der Waals surface area contributed by atoms with Crippen molar-refractivity contribution in [3.63, 3.8) is 0 Å². The third kappa shape index (κ3) is 6.27. The van der Waals surface area contributed by atoms with E-state index in [1.165, 1.54) is 35.9 Å². The molecule has 8 heteroatoms. The fourth-order valence-electron chi connectivity index (χ4n) is 3.81. The van der Waals surface area contributed by atoms with Gasteiger partial charge in [0.15, 0.2) is 11.0 Å². The van der Waals surface area contributed by atoms with Crippen molar-refractivity contribution in [2.24, 2.45) is 5.92 Å². The summed E-state index contributed by atoms with van der Waals surface area (Å²) in [6, 6.07) is 4.21. The van der Waals surface area contributed by atoms with Crippen LogP contribution in [-0.2, 0) is 11.3 Å². The molecule has 0 radical (unpaired) electrons. The summed E-state index contributed by atoms with van der Waals surface area (Å²) in [6.07, 6.45) is 9.34. The van der Waals surface area contributed by atoms with Gasteiger partial charge in [-0.2, -0.15) is 0 Å². The second-order valence-electron chi connectivity index (χ2n) is 8.23. The summed E-state index contributed by atoms with van der Waals surface area (Å²) < 4.78 is 2.14. The fraction of sp³-hybridized carbons (Fsp3) is 0.619. The molecule has 158 valence electrons. The Balaban J connectivity index is 1.65. The monoisotopic (exact) mass is 417 g/mol. The molecule has 2 heterocycles. The van der Waals surface area contributed by atoms with Crippen LogP contribution in [0.5, 0.6) is 0 Å². The van der Waals surface area contributed by atoms with E-state index >= 15 is 0 Å². The zero-order valence-electron chi connectivity index (χ0n) is 17.7. The van der Waals surface area contributed by atoms with Crippen LogP contribution in [0.2, 0.25) is 0 Å². The Morgan fingerprint density at radius 2 is 2.00 bits per heavy atom. The van der Waals surface area contributed by atoms with Crippen LogP contribution in [0.3, 0.4) is 0 Å². The topological polar surface area (TPSA) is 77.1 Å². The van der Waals surface area contributed by atoms with Crippen LogP contribution in [-0.4, -0.2) is 58.1 Å². The number of nitrogens with one attached hydrogen (secondary N) is 2. The van der Waals surface area contributed by atoms with Gasteiger partial charge < -0.3 is 14.8 Å². The van der Waals surface area contributed by atoms with Gasteiger partial charge in [0.2, 0.25) is 5.91 Å². The molecule has 29 heavy (non-hydrogen) atoms. The Kier molecular flexibility index (Phi) is 8.06. The summed E-state index contributed by atoms with van der Waals surface area (Å²) in [5.74, 6) is 1.86. The number of quaternary nitrogens is 1. The number of nitrogens with zero attached hydrogens (tertiary/aromatic N) is 4. The molecule has 1 fully saturated rings. The number of carbonyl (C=O) groups excluding carboxylic acids is 1. The first-order chi connectivity index (χ1) is 14.0. The van der Waals surface area contributed by atoms with Gasteiger partial charge in [0.05, 0.1) is 26.4 Å². The molecular weight excluding hydrogens is 384 g/mol. The molecule has 0 aliphatic heterocycles. The number of aromatic nitrogens is 4. The molecule has 1 saturated carbocycles. The SMILES string of the molecule is C[C@H]1CCCC[C@@H]1NC(=O)CSc1nnc(-c2ccncc2)n1CCC[NH+](C)C. The number of hydrogen-bond donors (Lipinski definition) is 2. The zero-order chi connectivity index (χ0) is 20.6. The Morgan fingerprint density at radius 3 is 2.72 bits per heavy atom. The lowest BCUT2D eigenvalue weighted by molar-refractivity contribution is -0.858. The highest BCUT2D eigenvalue weighted by atomic mass is 32.2. The quantitative estimate of drug-likeness (QED) is 0.607. The number of rotatable bonds is 9. The molecule has 0 aromatic carbocycles. The Morgan fingerprint density at radius 1 is 1.24 bits per heavy atom. The molecule has 3 rings (SSSR count). The maximum Gasteiger partial charge on any atom is 0.230 e. The third-order valence-corrected chi connectivity index (χ3v) is 6.47. The predicted molar refractivity (Wildman–Crippen MR) is 116 cm³/mol. The van der Waals surface area contributed by atoms with Crippen molar-refractivity contribution in [3.8, 4) is 11.4 Å². The minimum atomic E-state index is 0.0893. The summed E-state index contributed by atoms with van der Waals surface area (Å²) in [7, 11) is 4.31. The van der Waals surface area contributed by atoms with Gasteiger partial charge in [0, 0.05) is 37.0 Å². The first kappa shape index (κ1) is 21.8. The molecule has 2 aromatic heterocycles. The molecule has 1 aliphatic rings. The van der Waals surface area contributed by atoms with Gasteiger partial charge >= 0.3 is 0 Å². The number of pyridine rings is 1. The van der Waals surface area contributed by atoms with E-state index < -0.39 is 0 Å². The van der Waals surface area contributed by atoms with Gasteiger partial charge in [-0.3, -0.25) is 9.78 Å². The summed E-state index contributed by atoms with van der Waals surface area (Å²) in [5, 5.41) is 12.8. The zero-order valence-corrected chi connectivity index (χ0v) is 18.5. The highest BCUT2D eigenvalue weighted by Crippen LogP contribution is 2.25. The van der Waals surface area contributed by atoms with E-state index in [4.69, 9.17) is 0 Å². The van der Waals surface area contributed by atoms with E-state index in [9.17, 15) is 4.79 Å². The van der Waals surface area contributed by atoms with Crippen LogP contribution >= 0.6 is 11.8 Å². The average molecular weight is 418 g/mol. The van der Waals surface area contributed by atoms with E-state index in [2.05, 4.69) is 46.1 Å². The number of amides is 1. The molecular formula is C21H33N6OS+. The van der Waals surface area contributed by atoms with Crippen LogP contribution in [0.4, 0.5) is 0 Å². The van der Waals surface area contributed by atoms with Crippen molar-refractivity contribution in [3.05, 3.63) is 24.5 Å². The average Bonchev–Trinajstić information content (AvgIpc) is 3.11. The molecule has 2 atom stereocenters. The summed E-state index contributed by atoms with van der Waals surface area (Å²) in [5.41, 5.74) is 0.997. The van der Waals surface area contributed by atoms with Gasteiger partial charge in [-0.25, -0.2) is 0 Å². The fourth-order valence-corrected chi connectivity index (χ4v) is 4.59. The molecule has 0 bridgehead atoms. The van der Waals surface area contributed by atoms with Gasteiger partial charge in [0.25, 0.3) is 0 Å². The minimum absolute atomic E-state index is 0.0893. The van der Waals surface area contributed by atoms with Crippen molar-refractivity contribution < 1.29 is 9.69 Å². The van der Waals surface area contributed by atoms with Crippen LogP contribution < -0.4 is 10.2 Å². The Labute approximate surface area is 177 Å². The lowest BCUT2D eigenvalue weighted by Crippen LogP contribution is -3.05. The van der Waals surface area contributed by atoms with Crippen LogP contribution in [0.25, 0.3) is 11.4 Å². The molecule has 0 spiro atoms. The van der Waals surface area contributed by atoms with E-state index in [-0.39, 0.29) is 5.91 Å². The van der Waals surface area contributed by atoms with Gasteiger partial charge in [0.1, 0.15) is 0 Å². The smallest absolute Gasteiger partial charge is 0.230 e. The molecule has 7 nitrogen and oxygen atoms in total. The number of thioether (sulfide) groups is 1. The maximum atomic E-state index is 12.5. The van der Waals surface area contributed by atoms with E-state index in [1.54, 1.807) is 12.4 Å². The van der Waals surface area contributed by atoms with E-state index in [0.717, 1.165) is 42.5 Å². The van der Waals surface area contributed by atoms with Gasteiger partial charge in [-0.05, 0) is 30.9 Å². The van der Waals surface area contributed by atoms with Gasteiger partial charge in [-0.15, -0.1) is 10.2 Å². The first-order valence-electron chi connectivity index (χ1n) is 10.6. The van der Waals surface area contributed by atoms with Crippen molar-refractivity contribution >= 4 is 17.7 Å². The predicted octanol–water partition coefficient (Wildman–Crippen LogP) is 1.66. The first-order valence-corrected chi connectivity index (χ1v) is 11.6. The van der Waals surface area contributed by atoms with E-state index in [1.807, 2.05) is 12.1 Å². The lowest BCUT2D eigenvalue weighted by Gasteiger charge is -2.29. The molecule has 1 amide bonds. The van der Waals surface area contributed by atoms with Crippen LogP contribution in [0.15, 0.2) is 29.7 Å². The second kappa shape index (κ2) is 10.7. The molecule has 2 aromatic rings. The highest BCUT2D eigenvalue weighted by Gasteiger charge is 2.23. The molecule has 1 aliphatic carbocycles. The Bertz CT molecular complexity index is 779. The summed E-state index contributed by atoms with van der Waals surface area (Å²) in [4.78, 5) is 18.0. The van der Waals surface area contributed by atoms with Crippen molar-refractivity contribution in [1.82, 2.24) is 25.1 Å². The van der Waals surface area contributed by atoms with E-state index in [0.29, 0.717) is 17.7 Å². The van der Waals surface area contributed by atoms with Crippen LogP contribution in [0, 0.1) is 5.92 Å². The lowest BCUT2D eigenvalue weighted by atomic mass is 9.86. The Hall–Kier alpha value is -1.93. The van der Waals surface area contributed by atoms with Crippen molar-refractivity contribution in [1.29, 1.82) is 0 Å². The summed E-state index contributed by atoms with van der Waals surface area (Å²) >= 11 is 1.47. The largest absolute Gasteiger partial charge is 0.352 e.